The number of sulfonamides is 1. The molecule has 3 rings (SSSR count). The summed E-state index contributed by atoms with van der Waals surface area (Å²) in [4.78, 5) is 0. The highest BCUT2D eigenvalue weighted by Crippen LogP contribution is 2.23. The zero-order chi connectivity index (χ0) is 17.2. The average Bonchev–Trinajstić information content (AvgIpc) is 3.06. The molecule has 0 saturated carbocycles. The quantitative estimate of drug-likeness (QED) is 0.697. The molecule has 0 fully saturated rings. The van der Waals surface area contributed by atoms with E-state index >= 15 is 0 Å². The van der Waals surface area contributed by atoms with Crippen LogP contribution in [0.1, 0.15) is 11.1 Å². The normalized spacial score (nSPS) is 11.6. The predicted octanol–water partition coefficient (Wildman–Crippen LogP) is 3.89. The van der Waals surface area contributed by atoms with E-state index < -0.39 is 10.0 Å². The molecule has 2 aromatic carbocycles. The minimum Gasteiger partial charge on any atom is -0.343 e. The molecule has 0 unspecified atom stereocenters. The van der Waals surface area contributed by atoms with Gasteiger partial charge in [0.1, 0.15) is 5.69 Å². The van der Waals surface area contributed by atoms with E-state index in [4.69, 9.17) is 4.52 Å². The SMILES string of the molecule is Cc1ccc(CNS(=O)(=O)c2cc(-c3ccc(Br)cc3)no2)cc1. The fourth-order valence-electron chi connectivity index (χ4n) is 2.10. The van der Waals surface area contributed by atoms with E-state index in [0.29, 0.717) is 5.69 Å². The minimum absolute atomic E-state index is 0.191. The van der Waals surface area contributed by atoms with Gasteiger partial charge in [-0.15, -0.1) is 0 Å². The van der Waals surface area contributed by atoms with Crippen LogP contribution in [0.5, 0.6) is 0 Å². The van der Waals surface area contributed by atoms with E-state index in [1.807, 2.05) is 55.5 Å². The van der Waals surface area contributed by atoms with Crippen molar-refractivity contribution in [3.63, 3.8) is 0 Å². The van der Waals surface area contributed by atoms with Crippen molar-refractivity contribution in [3.05, 3.63) is 70.2 Å². The molecule has 1 aromatic heterocycles. The lowest BCUT2D eigenvalue weighted by Gasteiger charge is -2.04. The maximum atomic E-state index is 12.3. The summed E-state index contributed by atoms with van der Waals surface area (Å²) < 4.78 is 33.1. The molecule has 0 aliphatic heterocycles. The molecular formula is C17H15BrN2O3S. The smallest absolute Gasteiger partial charge is 0.277 e. The summed E-state index contributed by atoms with van der Waals surface area (Å²) in [5.41, 5.74) is 3.24. The molecule has 0 aliphatic rings. The van der Waals surface area contributed by atoms with E-state index in [1.54, 1.807) is 0 Å². The molecular weight excluding hydrogens is 392 g/mol. The van der Waals surface area contributed by atoms with Crippen LogP contribution in [0.3, 0.4) is 0 Å². The summed E-state index contributed by atoms with van der Waals surface area (Å²) in [6.45, 7) is 2.17. The first-order valence-electron chi connectivity index (χ1n) is 7.22. The van der Waals surface area contributed by atoms with Gasteiger partial charge in [0.15, 0.2) is 0 Å². The fourth-order valence-corrected chi connectivity index (χ4v) is 3.26. The van der Waals surface area contributed by atoms with Crippen LogP contribution in [0.15, 0.2) is 68.7 Å². The van der Waals surface area contributed by atoms with Gasteiger partial charge in [0.25, 0.3) is 15.1 Å². The number of halogens is 1. The summed E-state index contributed by atoms with van der Waals surface area (Å²) in [7, 11) is -3.75. The second-order valence-electron chi connectivity index (χ2n) is 5.35. The summed E-state index contributed by atoms with van der Waals surface area (Å²) in [5, 5.41) is 3.64. The lowest BCUT2D eigenvalue weighted by atomic mass is 10.2. The van der Waals surface area contributed by atoms with Crippen molar-refractivity contribution >= 4 is 26.0 Å². The highest BCUT2D eigenvalue weighted by molar-refractivity contribution is 9.10. The van der Waals surface area contributed by atoms with Gasteiger partial charge in [0, 0.05) is 22.6 Å². The molecule has 0 aliphatic carbocycles. The Balaban J connectivity index is 1.75. The summed E-state index contributed by atoms with van der Waals surface area (Å²) >= 11 is 3.35. The Labute approximate surface area is 148 Å². The van der Waals surface area contributed by atoms with E-state index in [1.165, 1.54) is 6.07 Å². The van der Waals surface area contributed by atoms with Gasteiger partial charge in [-0.25, -0.2) is 13.1 Å². The molecule has 0 spiro atoms. The van der Waals surface area contributed by atoms with Crippen molar-refractivity contribution in [1.29, 1.82) is 0 Å². The zero-order valence-corrected chi connectivity index (χ0v) is 15.3. The number of hydrogen-bond acceptors (Lipinski definition) is 4. The van der Waals surface area contributed by atoms with E-state index in [-0.39, 0.29) is 11.6 Å². The molecule has 0 bridgehead atoms. The Morgan fingerprint density at radius 2 is 1.75 bits per heavy atom. The fraction of sp³-hybridized carbons (Fsp3) is 0.118. The minimum atomic E-state index is -3.75. The number of nitrogens with zero attached hydrogens (tertiary/aromatic N) is 1. The third-order valence-corrected chi connectivity index (χ3v) is 5.26. The third kappa shape index (κ3) is 3.92. The van der Waals surface area contributed by atoms with Gasteiger partial charge in [-0.1, -0.05) is 63.0 Å². The molecule has 0 amide bonds. The maximum Gasteiger partial charge on any atom is 0.277 e. The van der Waals surface area contributed by atoms with Crippen molar-refractivity contribution in [3.8, 4) is 11.3 Å². The molecule has 5 nitrogen and oxygen atoms in total. The molecule has 0 saturated heterocycles. The van der Waals surface area contributed by atoms with Crippen LogP contribution >= 0.6 is 15.9 Å². The van der Waals surface area contributed by atoms with Gasteiger partial charge < -0.3 is 4.52 Å². The summed E-state index contributed by atoms with van der Waals surface area (Å²) in [6, 6.07) is 16.4. The second kappa shape index (κ2) is 6.88. The maximum absolute atomic E-state index is 12.3. The highest BCUT2D eigenvalue weighted by atomic mass is 79.9. The second-order valence-corrected chi connectivity index (χ2v) is 7.96. The van der Waals surface area contributed by atoms with Crippen LogP contribution in [-0.2, 0) is 16.6 Å². The van der Waals surface area contributed by atoms with Crippen LogP contribution in [0.4, 0.5) is 0 Å². The van der Waals surface area contributed by atoms with Crippen LogP contribution in [-0.4, -0.2) is 13.6 Å². The topological polar surface area (TPSA) is 72.2 Å². The van der Waals surface area contributed by atoms with Gasteiger partial charge in [-0.2, -0.15) is 0 Å². The Morgan fingerprint density at radius 3 is 2.42 bits per heavy atom. The number of nitrogens with one attached hydrogen (secondary N) is 1. The Hall–Kier alpha value is -1.96. The Morgan fingerprint density at radius 1 is 1.08 bits per heavy atom. The van der Waals surface area contributed by atoms with E-state index in [0.717, 1.165) is 21.2 Å². The predicted molar refractivity (Wildman–Crippen MR) is 94.8 cm³/mol. The zero-order valence-electron chi connectivity index (χ0n) is 12.9. The summed E-state index contributed by atoms with van der Waals surface area (Å²) in [6.07, 6.45) is 0. The van der Waals surface area contributed by atoms with E-state index in [9.17, 15) is 8.42 Å². The van der Waals surface area contributed by atoms with Crippen molar-refractivity contribution in [1.82, 2.24) is 9.88 Å². The van der Waals surface area contributed by atoms with Gasteiger partial charge in [-0.3, -0.25) is 0 Å². The third-order valence-electron chi connectivity index (χ3n) is 3.48. The number of aromatic nitrogens is 1. The first-order valence-corrected chi connectivity index (χ1v) is 9.49. The van der Waals surface area contributed by atoms with Crippen LogP contribution < -0.4 is 4.72 Å². The standard InChI is InChI=1S/C17H15BrN2O3S/c1-12-2-4-13(5-3-12)11-19-24(21,22)17-10-16(20-23-17)14-6-8-15(18)9-7-14/h2-10,19H,11H2,1H3. The van der Waals surface area contributed by atoms with Crippen molar-refractivity contribution in [2.45, 2.75) is 18.6 Å². The number of rotatable bonds is 5. The van der Waals surface area contributed by atoms with E-state index in [2.05, 4.69) is 25.8 Å². The molecule has 24 heavy (non-hydrogen) atoms. The van der Waals surface area contributed by atoms with Gasteiger partial charge in [0.2, 0.25) is 0 Å². The first-order chi connectivity index (χ1) is 11.4. The monoisotopic (exact) mass is 406 g/mol. The van der Waals surface area contributed by atoms with Crippen LogP contribution in [0.25, 0.3) is 11.3 Å². The molecule has 3 aromatic rings. The van der Waals surface area contributed by atoms with Crippen molar-refractivity contribution < 1.29 is 12.9 Å². The van der Waals surface area contributed by atoms with Crippen molar-refractivity contribution in [2.24, 2.45) is 0 Å². The molecule has 0 atom stereocenters. The van der Waals surface area contributed by atoms with Crippen LogP contribution in [0, 0.1) is 6.92 Å². The Bertz CT molecular complexity index is 933. The molecule has 1 heterocycles. The van der Waals surface area contributed by atoms with Crippen molar-refractivity contribution in [2.75, 3.05) is 0 Å². The van der Waals surface area contributed by atoms with Gasteiger partial charge >= 0.3 is 0 Å². The lowest BCUT2D eigenvalue weighted by Crippen LogP contribution is -2.22. The summed E-state index contributed by atoms with van der Waals surface area (Å²) in [5.74, 6) is 0. The number of aryl methyl sites for hydroxylation is 1. The molecule has 124 valence electrons. The van der Waals surface area contributed by atoms with Gasteiger partial charge in [0.05, 0.1) is 0 Å². The number of hydrogen-bond donors (Lipinski definition) is 1. The molecule has 0 radical (unpaired) electrons. The Kier molecular flexibility index (Phi) is 4.84. The van der Waals surface area contributed by atoms with Gasteiger partial charge in [-0.05, 0) is 24.6 Å². The van der Waals surface area contributed by atoms with Crippen LogP contribution in [0.2, 0.25) is 0 Å². The average molecular weight is 407 g/mol. The molecule has 7 heteroatoms. The largest absolute Gasteiger partial charge is 0.343 e. The lowest BCUT2D eigenvalue weighted by molar-refractivity contribution is 0.339. The molecule has 1 N–H and O–H groups in total. The first kappa shape index (κ1) is 16.9. The number of benzene rings is 2. The highest BCUT2D eigenvalue weighted by Gasteiger charge is 2.20.